The van der Waals surface area contributed by atoms with E-state index in [1.165, 1.54) is 45.1 Å². The molecule has 0 radical (unpaired) electrons. The zero-order chi connectivity index (χ0) is 40.4. The Morgan fingerprint density at radius 1 is 0.588 bits per heavy atom. The first-order valence-corrected chi connectivity index (χ1v) is 23.9. The summed E-state index contributed by atoms with van der Waals surface area (Å²) >= 11 is 1.97. The van der Waals surface area contributed by atoms with Crippen molar-refractivity contribution in [1.82, 2.24) is 0 Å². The van der Waals surface area contributed by atoms with Crippen molar-refractivity contribution in [3.05, 3.63) is 0 Å². The summed E-state index contributed by atoms with van der Waals surface area (Å²) in [5.41, 5.74) is -0.413. The first-order chi connectivity index (χ1) is 22.7. The van der Waals surface area contributed by atoms with E-state index in [0.29, 0.717) is 37.9 Å². The maximum atomic E-state index is 11.7. The van der Waals surface area contributed by atoms with Gasteiger partial charge in [0.2, 0.25) is 0 Å². The highest BCUT2D eigenvalue weighted by molar-refractivity contribution is 7.99. The third-order valence-electron chi connectivity index (χ3n) is 9.64. The van der Waals surface area contributed by atoms with E-state index >= 15 is 0 Å². The molecule has 0 aliphatic carbocycles. The molecule has 4 fully saturated rings. The second-order valence-electron chi connectivity index (χ2n) is 18.3. The van der Waals surface area contributed by atoms with Gasteiger partial charge in [0.15, 0.2) is 19.7 Å². The average molecular weight is 787 g/mol. The molecule has 4 rings (SSSR count). The van der Waals surface area contributed by atoms with E-state index in [9.17, 15) is 16.8 Å². The lowest BCUT2D eigenvalue weighted by Crippen LogP contribution is -2.51. The van der Waals surface area contributed by atoms with Gasteiger partial charge in [-0.05, 0) is 160 Å². The lowest BCUT2D eigenvalue weighted by Gasteiger charge is -2.44. The summed E-state index contributed by atoms with van der Waals surface area (Å²) in [5.74, 6) is 0.832. The molecule has 0 aromatic carbocycles. The van der Waals surface area contributed by atoms with Crippen LogP contribution in [0, 0.1) is 5.92 Å². The number of carbonyl (C=O) groups is 1. The predicted molar refractivity (Wildman–Crippen MR) is 216 cm³/mol. The lowest BCUT2D eigenvalue weighted by atomic mass is 9.86. The molecule has 4 aliphatic heterocycles. The molecule has 9 nitrogen and oxygen atoms in total. The van der Waals surface area contributed by atoms with Crippen LogP contribution in [0.15, 0.2) is 0 Å². The molecule has 0 amide bonds. The van der Waals surface area contributed by atoms with E-state index in [-0.39, 0.29) is 39.9 Å². The van der Waals surface area contributed by atoms with Crippen molar-refractivity contribution in [1.29, 1.82) is 0 Å². The Morgan fingerprint density at radius 3 is 1.31 bits per heavy atom. The molecule has 0 saturated carbocycles. The number of ether oxygens (including phenoxy) is 4. The summed E-state index contributed by atoms with van der Waals surface area (Å²) in [4.78, 5) is 8.81. The average Bonchev–Trinajstić information content (AvgIpc) is 2.84. The van der Waals surface area contributed by atoms with Gasteiger partial charge in [-0.3, -0.25) is 0 Å². The fourth-order valence-corrected chi connectivity index (χ4v) is 11.9. The lowest BCUT2D eigenvalue weighted by molar-refractivity contribution is -0.115. The zero-order valence-electron chi connectivity index (χ0n) is 35.7. The van der Waals surface area contributed by atoms with Crippen LogP contribution in [0.2, 0.25) is 0 Å². The van der Waals surface area contributed by atoms with Crippen molar-refractivity contribution in [2.75, 3.05) is 18.8 Å². The Labute approximate surface area is 319 Å². The third kappa shape index (κ3) is 20.3. The summed E-state index contributed by atoms with van der Waals surface area (Å²) < 4.78 is 68.3. The molecule has 8 unspecified atom stereocenters. The SMILES string of the molecule is CC1CC(C)(S(C)(=O)=O)CC(C)(C)O1.CC1CC(C)OC(C)(C)C1.CC1CC(S(C)(=O)=O)CC(C)(C)O1.CC=O.CSC1CC(C)OC(C)(C)C1. The van der Waals surface area contributed by atoms with Crippen molar-refractivity contribution in [3.8, 4) is 0 Å². The Kier molecular flexibility index (Phi) is 20.0. The maximum Gasteiger partial charge on any atom is 0.153 e. The number of rotatable bonds is 3. The molecule has 0 bridgehead atoms. The quantitative estimate of drug-likeness (QED) is 0.257. The first kappa shape index (κ1) is 50.8. The summed E-state index contributed by atoms with van der Waals surface area (Å²) in [7, 11) is -5.92. The number of sulfone groups is 2. The van der Waals surface area contributed by atoms with Crippen LogP contribution < -0.4 is 0 Å². The zero-order valence-corrected chi connectivity index (χ0v) is 38.1. The van der Waals surface area contributed by atoms with Gasteiger partial charge in [0.25, 0.3) is 0 Å². The molecule has 0 spiro atoms. The van der Waals surface area contributed by atoms with Gasteiger partial charge in [-0.2, -0.15) is 11.8 Å². The summed E-state index contributed by atoms with van der Waals surface area (Å²) in [6.45, 7) is 30.3. The third-order valence-corrected chi connectivity index (χ3v) is 14.3. The fraction of sp³-hybridized carbons (Fsp3) is 0.974. The summed E-state index contributed by atoms with van der Waals surface area (Å²) in [6, 6.07) is 0. The molecule has 12 heteroatoms. The largest absolute Gasteiger partial charge is 0.373 e. The fourth-order valence-electron chi connectivity index (χ4n) is 8.41. The molecular weight excluding hydrogens is 709 g/mol. The molecular formula is C39H78O9S3. The standard InChI is InChI=1S/C10H20O3S.C9H18O3S.C9H18OS.C9H18O.C2H4O/c1-8-6-10(4,14(5,11)12)7-9(2,3)13-8;1-7-5-8(13(4,10)11)6-9(2,3)12-7;1-7-5-8(11-4)6-9(2,3)10-7;1-7-5-8(2)10-9(3,4)6-7;1-2-3/h8H,6-7H2,1-5H3;7-8H,5-6H2,1-4H3;7-8H,5-6H2,1-4H3;7-8H,5-6H2,1-4H3;2H,1H3. The second-order valence-corrected chi connectivity index (χ2v) is 24.3. The molecule has 4 saturated heterocycles. The van der Waals surface area contributed by atoms with Crippen LogP contribution in [-0.2, 0) is 43.4 Å². The molecule has 4 aliphatic rings. The molecule has 4 heterocycles. The van der Waals surface area contributed by atoms with E-state index < -0.39 is 24.4 Å². The Bertz CT molecular complexity index is 1250. The van der Waals surface area contributed by atoms with Crippen molar-refractivity contribution in [2.24, 2.45) is 5.92 Å². The van der Waals surface area contributed by atoms with E-state index in [2.05, 4.69) is 54.7 Å². The van der Waals surface area contributed by atoms with Crippen LogP contribution in [0.25, 0.3) is 0 Å². The van der Waals surface area contributed by atoms with Gasteiger partial charge in [-0.25, -0.2) is 16.8 Å². The number of hydrogen-bond donors (Lipinski definition) is 0. The van der Waals surface area contributed by atoms with E-state index in [1.54, 1.807) is 0 Å². The second kappa shape index (κ2) is 20.1. The minimum absolute atomic E-state index is 0.0125. The highest BCUT2D eigenvalue weighted by Gasteiger charge is 2.47. The monoisotopic (exact) mass is 786 g/mol. The normalized spacial score (nSPS) is 35.3. The van der Waals surface area contributed by atoms with Gasteiger partial charge in [-0.15, -0.1) is 0 Å². The first-order valence-electron chi connectivity index (χ1n) is 18.7. The number of aldehydes is 1. The van der Waals surface area contributed by atoms with Crippen molar-refractivity contribution < 1.29 is 40.6 Å². The summed E-state index contributed by atoms with van der Waals surface area (Å²) in [6.07, 6.45) is 13.8. The van der Waals surface area contributed by atoms with Crippen LogP contribution in [0.3, 0.4) is 0 Å². The van der Waals surface area contributed by atoms with Gasteiger partial charge in [0, 0.05) is 17.8 Å². The number of hydrogen-bond acceptors (Lipinski definition) is 10. The molecule has 51 heavy (non-hydrogen) atoms. The molecule has 8 atom stereocenters. The van der Waals surface area contributed by atoms with Crippen LogP contribution >= 0.6 is 11.8 Å². The minimum Gasteiger partial charge on any atom is -0.373 e. The van der Waals surface area contributed by atoms with E-state index in [0.717, 1.165) is 17.5 Å². The van der Waals surface area contributed by atoms with Crippen molar-refractivity contribution in [3.63, 3.8) is 0 Å². The van der Waals surface area contributed by atoms with Crippen LogP contribution in [0.1, 0.15) is 155 Å². The van der Waals surface area contributed by atoms with Gasteiger partial charge in [0.05, 0.1) is 56.8 Å². The molecule has 306 valence electrons. The van der Waals surface area contributed by atoms with Crippen LogP contribution in [0.5, 0.6) is 0 Å². The topological polar surface area (TPSA) is 122 Å². The van der Waals surface area contributed by atoms with E-state index in [4.69, 9.17) is 23.7 Å². The Morgan fingerprint density at radius 2 is 0.980 bits per heavy atom. The minimum atomic E-state index is -3.01. The van der Waals surface area contributed by atoms with Gasteiger partial charge in [0.1, 0.15) is 6.29 Å². The predicted octanol–water partition coefficient (Wildman–Crippen LogP) is 8.65. The smallest absolute Gasteiger partial charge is 0.153 e. The van der Waals surface area contributed by atoms with Crippen molar-refractivity contribution >= 4 is 37.7 Å². The van der Waals surface area contributed by atoms with Gasteiger partial charge < -0.3 is 23.7 Å². The van der Waals surface area contributed by atoms with Crippen molar-refractivity contribution in [2.45, 2.75) is 217 Å². The van der Waals surface area contributed by atoms with Crippen LogP contribution in [0.4, 0.5) is 0 Å². The van der Waals surface area contributed by atoms with E-state index in [1.807, 2.05) is 60.2 Å². The van der Waals surface area contributed by atoms with Gasteiger partial charge >= 0.3 is 0 Å². The molecule has 0 aromatic rings. The number of thioether (sulfide) groups is 1. The molecule has 0 N–H and O–H groups in total. The number of carbonyl (C=O) groups excluding carboxylic acids is 1. The van der Waals surface area contributed by atoms with Gasteiger partial charge in [-0.1, -0.05) is 6.92 Å². The Hall–Kier alpha value is -0.240. The highest BCUT2D eigenvalue weighted by atomic mass is 32.2. The maximum absolute atomic E-state index is 11.7. The van der Waals surface area contributed by atoms with Crippen LogP contribution in [-0.4, -0.2) is 104 Å². The Balaban J connectivity index is 0.000000641. The summed E-state index contributed by atoms with van der Waals surface area (Å²) in [5, 5.41) is 0.569. The molecule has 0 aromatic heterocycles. The highest BCUT2D eigenvalue weighted by Crippen LogP contribution is 2.40.